The Morgan fingerprint density at radius 3 is 2.59 bits per heavy atom. The Kier molecular flexibility index (Phi) is 5.03. The third-order valence-electron chi connectivity index (χ3n) is 5.36. The number of Topliss-reactive ketones (excluding diaryl/α,β-unsaturated/α-hetero) is 1. The molecule has 0 saturated heterocycles. The van der Waals surface area contributed by atoms with E-state index >= 15 is 0 Å². The van der Waals surface area contributed by atoms with Gasteiger partial charge in [-0.3, -0.25) is 23.6 Å². The first-order chi connectivity index (χ1) is 12.7. The predicted molar refractivity (Wildman–Crippen MR) is 102 cm³/mol. The van der Waals surface area contributed by atoms with Crippen molar-refractivity contribution in [2.24, 2.45) is 14.1 Å². The summed E-state index contributed by atoms with van der Waals surface area (Å²) in [6, 6.07) is 6.95. The van der Waals surface area contributed by atoms with E-state index in [9.17, 15) is 19.5 Å². The second-order valence-electron chi connectivity index (χ2n) is 6.98. The van der Waals surface area contributed by atoms with Crippen LogP contribution in [0.4, 0.5) is 5.82 Å². The summed E-state index contributed by atoms with van der Waals surface area (Å²) in [6.07, 6.45) is -0.112. The zero-order valence-corrected chi connectivity index (χ0v) is 15.7. The smallest absolute Gasteiger partial charge is 0.332 e. The lowest BCUT2D eigenvalue weighted by molar-refractivity contribution is 0.0801. The van der Waals surface area contributed by atoms with Crippen molar-refractivity contribution < 1.29 is 9.90 Å². The second kappa shape index (κ2) is 7.13. The summed E-state index contributed by atoms with van der Waals surface area (Å²) in [5, 5.41) is 10.4. The summed E-state index contributed by atoms with van der Waals surface area (Å²) in [4.78, 5) is 39.5. The van der Waals surface area contributed by atoms with Crippen molar-refractivity contribution in [3.05, 3.63) is 61.8 Å². The normalized spacial score (nSPS) is 18.6. The van der Waals surface area contributed by atoms with Crippen LogP contribution >= 0.6 is 0 Å². The Labute approximate surface area is 156 Å². The van der Waals surface area contributed by atoms with Crippen LogP contribution in [0.25, 0.3) is 0 Å². The molecule has 0 amide bonds. The molecule has 8 heteroatoms. The molecule has 0 saturated carbocycles. The minimum atomic E-state index is -0.692. The number of aromatic nitrogens is 2. The van der Waals surface area contributed by atoms with Crippen LogP contribution in [0, 0.1) is 0 Å². The molecular weight excluding hydrogens is 348 g/mol. The van der Waals surface area contributed by atoms with E-state index < -0.39 is 29.2 Å². The van der Waals surface area contributed by atoms with E-state index in [1.165, 1.54) is 14.1 Å². The van der Waals surface area contributed by atoms with Crippen LogP contribution in [0.2, 0.25) is 0 Å². The zero-order chi connectivity index (χ0) is 19.9. The average Bonchev–Trinajstić information content (AvgIpc) is 2.83. The molecule has 1 aliphatic rings. The largest absolute Gasteiger partial charge is 0.388 e. The molecule has 0 radical (unpaired) electrons. The Hall–Kier alpha value is -2.71. The van der Waals surface area contributed by atoms with Gasteiger partial charge in [0.25, 0.3) is 5.56 Å². The van der Waals surface area contributed by atoms with Crippen molar-refractivity contribution in [2.45, 2.75) is 32.0 Å². The summed E-state index contributed by atoms with van der Waals surface area (Å²) in [5.41, 5.74) is 6.28. The maximum absolute atomic E-state index is 13.1. The number of rotatable bonds is 3. The zero-order valence-electron chi connectivity index (χ0n) is 15.7. The van der Waals surface area contributed by atoms with Gasteiger partial charge < -0.3 is 10.8 Å². The lowest BCUT2D eigenvalue weighted by Crippen LogP contribution is -2.46. The van der Waals surface area contributed by atoms with Gasteiger partial charge in [-0.15, -0.1) is 0 Å². The van der Waals surface area contributed by atoms with E-state index in [4.69, 9.17) is 5.73 Å². The molecule has 2 atom stereocenters. The Bertz CT molecular complexity index is 1010. The number of hydrogen-bond acceptors (Lipinski definition) is 6. The summed E-state index contributed by atoms with van der Waals surface area (Å²) in [5.74, 6) is -0.562. The molecule has 0 spiro atoms. The SMILES string of the molecule is C[C@H](C(=O)c1c(N)n(C)c(=O)n(C)c1=O)N1CC[C@H](O)c2ccccc2C1. The molecule has 8 nitrogen and oxygen atoms in total. The van der Waals surface area contributed by atoms with Gasteiger partial charge in [0, 0.05) is 27.2 Å². The van der Waals surface area contributed by atoms with Crippen LogP contribution < -0.4 is 17.0 Å². The molecule has 0 bridgehead atoms. The molecule has 0 aliphatic carbocycles. The number of aliphatic hydroxyl groups excluding tert-OH is 1. The van der Waals surface area contributed by atoms with E-state index in [1.807, 2.05) is 29.2 Å². The third-order valence-corrected chi connectivity index (χ3v) is 5.36. The predicted octanol–water partition coefficient (Wildman–Crippen LogP) is 0.177. The first-order valence-corrected chi connectivity index (χ1v) is 8.83. The molecule has 0 fully saturated rings. The van der Waals surface area contributed by atoms with Gasteiger partial charge in [-0.1, -0.05) is 24.3 Å². The first-order valence-electron chi connectivity index (χ1n) is 8.83. The van der Waals surface area contributed by atoms with Crippen molar-refractivity contribution in [1.29, 1.82) is 0 Å². The monoisotopic (exact) mass is 372 g/mol. The number of hydrogen-bond donors (Lipinski definition) is 2. The quantitative estimate of drug-likeness (QED) is 0.744. The summed E-state index contributed by atoms with van der Waals surface area (Å²) in [6.45, 7) is 2.69. The van der Waals surface area contributed by atoms with Gasteiger partial charge in [0.1, 0.15) is 11.4 Å². The van der Waals surface area contributed by atoms with Crippen LogP contribution in [0.5, 0.6) is 0 Å². The van der Waals surface area contributed by atoms with Crippen molar-refractivity contribution in [3.8, 4) is 0 Å². The van der Waals surface area contributed by atoms with Gasteiger partial charge in [0.15, 0.2) is 5.78 Å². The number of benzene rings is 1. The van der Waals surface area contributed by atoms with Gasteiger partial charge in [-0.2, -0.15) is 0 Å². The molecule has 0 unspecified atom stereocenters. The first kappa shape index (κ1) is 19.1. The Balaban J connectivity index is 1.98. The number of carbonyl (C=O) groups is 1. The van der Waals surface area contributed by atoms with E-state index in [1.54, 1.807) is 6.92 Å². The number of nitrogens with zero attached hydrogens (tertiary/aromatic N) is 3. The highest BCUT2D eigenvalue weighted by Gasteiger charge is 2.31. The summed E-state index contributed by atoms with van der Waals surface area (Å²) < 4.78 is 1.99. The molecule has 3 rings (SSSR count). The highest BCUT2D eigenvalue weighted by atomic mass is 16.3. The second-order valence-corrected chi connectivity index (χ2v) is 6.98. The van der Waals surface area contributed by atoms with E-state index in [0.29, 0.717) is 19.5 Å². The molecule has 3 N–H and O–H groups in total. The lowest BCUT2D eigenvalue weighted by atomic mass is 10.0. The fourth-order valence-corrected chi connectivity index (χ4v) is 3.54. The maximum atomic E-state index is 13.1. The van der Waals surface area contributed by atoms with Crippen LogP contribution in [-0.4, -0.2) is 37.5 Å². The third kappa shape index (κ3) is 3.22. The summed E-state index contributed by atoms with van der Waals surface area (Å²) in [7, 11) is 2.75. The Morgan fingerprint density at radius 2 is 1.89 bits per heavy atom. The molecule has 144 valence electrons. The van der Waals surface area contributed by atoms with Crippen LogP contribution in [0.15, 0.2) is 33.9 Å². The highest BCUT2D eigenvalue weighted by molar-refractivity contribution is 6.03. The molecule has 2 aromatic rings. The van der Waals surface area contributed by atoms with Crippen LogP contribution in [0.3, 0.4) is 0 Å². The van der Waals surface area contributed by atoms with Gasteiger partial charge >= 0.3 is 5.69 Å². The molecule has 1 aromatic heterocycles. The fourth-order valence-electron chi connectivity index (χ4n) is 3.54. The van der Waals surface area contributed by atoms with Gasteiger partial charge in [0.2, 0.25) is 0 Å². The minimum absolute atomic E-state index is 0.129. The molecule has 27 heavy (non-hydrogen) atoms. The average molecular weight is 372 g/mol. The fraction of sp³-hybridized carbons (Fsp3) is 0.421. The number of nitrogen functional groups attached to an aromatic ring is 1. The van der Waals surface area contributed by atoms with Crippen molar-refractivity contribution in [3.63, 3.8) is 0 Å². The van der Waals surface area contributed by atoms with Gasteiger partial charge in [-0.05, 0) is 24.5 Å². The van der Waals surface area contributed by atoms with Crippen LogP contribution in [0.1, 0.15) is 40.9 Å². The van der Waals surface area contributed by atoms with E-state index in [2.05, 4.69) is 0 Å². The van der Waals surface area contributed by atoms with E-state index in [-0.39, 0.29) is 11.4 Å². The van der Waals surface area contributed by atoms with Crippen molar-refractivity contribution >= 4 is 11.6 Å². The van der Waals surface area contributed by atoms with Crippen molar-refractivity contribution in [2.75, 3.05) is 12.3 Å². The van der Waals surface area contributed by atoms with Gasteiger partial charge in [0.05, 0.1) is 12.1 Å². The number of anilines is 1. The molecule has 2 heterocycles. The van der Waals surface area contributed by atoms with Crippen molar-refractivity contribution in [1.82, 2.24) is 14.0 Å². The topological polar surface area (TPSA) is 111 Å². The number of carbonyl (C=O) groups excluding carboxylic acids is 1. The molecule has 1 aliphatic heterocycles. The van der Waals surface area contributed by atoms with Gasteiger partial charge in [-0.25, -0.2) is 4.79 Å². The number of aliphatic hydroxyl groups is 1. The number of ketones is 1. The summed E-state index contributed by atoms with van der Waals surface area (Å²) >= 11 is 0. The molecular formula is C19H24N4O4. The van der Waals surface area contributed by atoms with E-state index in [0.717, 1.165) is 20.3 Å². The maximum Gasteiger partial charge on any atom is 0.332 e. The van der Waals surface area contributed by atoms with Crippen LogP contribution in [-0.2, 0) is 20.6 Å². The number of fused-ring (bicyclic) bond motifs is 1. The Morgan fingerprint density at radius 1 is 1.22 bits per heavy atom. The lowest BCUT2D eigenvalue weighted by Gasteiger charge is -2.27. The number of nitrogens with two attached hydrogens (primary N) is 1. The highest BCUT2D eigenvalue weighted by Crippen LogP contribution is 2.28. The standard InChI is InChI=1S/C19H24N4O4/c1-11(16(25)15-17(20)21(2)19(27)22(3)18(15)26)23-9-8-14(24)13-7-5-4-6-12(13)10-23/h4-7,11,14,24H,8-10,20H2,1-3H3/t11-,14+/m1/s1. The minimum Gasteiger partial charge on any atom is -0.388 e. The molecule has 1 aromatic carbocycles.